The van der Waals surface area contributed by atoms with Crippen LogP contribution in [0.15, 0.2) is 91.1 Å². The first-order chi connectivity index (χ1) is 19.6. The van der Waals surface area contributed by atoms with Crippen LogP contribution in [0.25, 0.3) is 5.57 Å². The molecule has 0 saturated carbocycles. The molecule has 0 bridgehead atoms. The zero-order valence-corrected chi connectivity index (χ0v) is 25.4. The Hall–Kier alpha value is -3.87. The Morgan fingerprint density at radius 2 is 1.63 bits per heavy atom. The van der Waals surface area contributed by atoms with Gasteiger partial charge >= 0.3 is 0 Å². The Balaban J connectivity index is 1.42. The van der Waals surface area contributed by atoms with E-state index >= 15 is 0 Å². The summed E-state index contributed by atoms with van der Waals surface area (Å²) in [6.07, 6.45) is 4.13. The topological polar surface area (TPSA) is 40.6 Å². The molecule has 4 aromatic rings. The molecule has 1 fully saturated rings. The van der Waals surface area contributed by atoms with Crippen LogP contribution in [0.2, 0.25) is 5.02 Å². The number of aryl methyl sites for hydroxylation is 1. The number of allylic oxidation sites excluding steroid dienone is 1. The Labute approximate surface area is 252 Å². The molecule has 0 amide bonds. The van der Waals surface area contributed by atoms with Crippen LogP contribution >= 0.6 is 23.8 Å². The second kappa shape index (κ2) is 10.5. The van der Waals surface area contributed by atoms with Gasteiger partial charge < -0.3 is 19.9 Å². The number of fused-ring (bicyclic) bond motifs is 1. The molecule has 0 aliphatic carbocycles. The van der Waals surface area contributed by atoms with Gasteiger partial charge in [0.05, 0.1) is 23.3 Å². The highest BCUT2D eigenvalue weighted by Crippen LogP contribution is 2.48. The van der Waals surface area contributed by atoms with E-state index in [1.54, 1.807) is 0 Å². The number of halogens is 1. The Kier molecular flexibility index (Phi) is 7.00. The SMILES string of the molecule is CC1=CC(C)(C)N(C)c2cc(Cl)c(C3C(c4ccccn4)NC(=S)N3c3ccc(Oc4ccc(C)cc4)cc3)cc21. The summed E-state index contributed by atoms with van der Waals surface area (Å²) in [5, 5.41) is 4.87. The van der Waals surface area contributed by atoms with Crippen molar-refractivity contribution in [2.45, 2.75) is 45.3 Å². The van der Waals surface area contributed by atoms with Crippen molar-refractivity contribution in [2.75, 3.05) is 16.8 Å². The van der Waals surface area contributed by atoms with Gasteiger partial charge in [0.2, 0.25) is 0 Å². The molecular formula is C34H33ClN4OS. The number of nitrogens with one attached hydrogen (secondary N) is 1. The van der Waals surface area contributed by atoms with E-state index in [2.05, 4.69) is 68.1 Å². The summed E-state index contributed by atoms with van der Waals surface area (Å²) < 4.78 is 6.09. The number of nitrogens with zero attached hydrogens (tertiary/aromatic N) is 3. The number of likely N-dealkylation sites (N-methyl/N-ethyl adjacent to an activating group) is 1. The largest absolute Gasteiger partial charge is 0.457 e. The first kappa shape index (κ1) is 27.3. The van der Waals surface area contributed by atoms with Gasteiger partial charge in [-0.15, -0.1) is 0 Å². The monoisotopic (exact) mass is 580 g/mol. The van der Waals surface area contributed by atoms with Gasteiger partial charge in [0, 0.05) is 35.2 Å². The van der Waals surface area contributed by atoms with Crippen molar-refractivity contribution in [3.63, 3.8) is 0 Å². The molecule has 1 aromatic heterocycles. The molecule has 41 heavy (non-hydrogen) atoms. The number of benzene rings is 3. The van der Waals surface area contributed by atoms with Crippen molar-refractivity contribution in [1.82, 2.24) is 10.3 Å². The number of ether oxygens (including phenoxy) is 1. The van der Waals surface area contributed by atoms with Gasteiger partial charge in [0.25, 0.3) is 0 Å². The lowest BCUT2D eigenvalue weighted by Gasteiger charge is -2.41. The van der Waals surface area contributed by atoms with Gasteiger partial charge in [-0.05, 0) is 112 Å². The van der Waals surface area contributed by atoms with Gasteiger partial charge in [-0.25, -0.2) is 0 Å². The summed E-state index contributed by atoms with van der Waals surface area (Å²) in [6, 6.07) is 25.9. The van der Waals surface area contributed by atoms with Crippen LogP contribution in [-0.4, -0.2) is 22.7 Å². The molecule has 2 aliphatic rings. The molecule has 3 aromatic carbocycles. The Bertz CT molecular complexity index is 1630. The van der Waals surface area contributed by atoms with E-state index in [0.717, 1.165) is 34.1 Å². The number of hydrogen-bond donors (Lipinski definition) is 1. The molecule has 2 unspecified atom stereocenters. The van der Waals surface area contributed by atoms with Crippen molar-refractivity contribution in [2.24, 2.45) is 0 Å². The van der Waals surface area contributed by atoms with Crippen molar-refractivity contribution in [3.8, 4) is 11.5 Å². The lowest BCUT2D eigenvalue weighted by atomic mass is 9.86. The lowest BCUT2D eigenvalue weighted by molar-refractivity contribution is 0.482. The smallest absolute Gasteiger partial charge is 0.174 e. The average molecular weight is 581 g/mol. The maximum Gasteiger partial charge on any atom is 0.174 e. The fourth-order valence-corrected chi connectivity index (χ4v) is 6.40. The summed E-state index contributed by atoms with van der Waals surface area (Å²) in [4.78, 5) is 9.13. The molecule has 0 spiro atoms. The van der Waals surface area contributed by atoms with Crippen LogP contribution < -0.4 is 19.9 Å². The predicted molar refractivity (Wildman–Crippen MR) is 173 cm³/mol. The lowest BCUT2D eigenvalue weighted by Crippen LogP contribution is -2.42. The number of aromatic nitrogens is 1. The van der Waals surface area contributed by atoms with Crippen LogP contribution in [0.3, 0.4) is 0 Å². The van der Waals surface area contributed by atoms with Crippen molar-refractivity contribution < 1.29 is 4.74 Å². The molecule has 2 aliphatic heterocycles. The second-order valence-electron chi connectivity index (χ2n) is 11.3. The van der Waals surface area contributed by atoms with Crippen molar-refractivity contribution in [3.05, 3.63) is 119 Å². The molecule has 0 radical (unpaired) electrons. The van der Waals surface area contributed by atoms with Crippen LogP contribution in [-0.2, 0) is 0 Å². The van der Waals surface area contributed by atoms with Crippen LogP contribution in [0.5, 0.6) is 11.5 Å². The third-order valence-electron chi connectivity index (χ3n) is 8.12. The summed E-state index contributed by atoms with van der Waals surface area (Å²) in [7, 11) is 2.12. The van der Waals surface area contributed by atoms with Gasteiger partial charge in [-0.1, -0.05) is 41.4 Å². The maximum atomic E-state index is 7.14. The minimum Gasteiger partial charge on any atom is -0.457 e. The zero-order valence-electron chi connectivity index (χ0n) is 23.9. The zero-order chi connectivity index (χ0) is 28.9. The summed E-state index contributed by atoms with van der Waals surface area (Å²) in [5.74, 6) is 1.55. The number of anilines is 2. The van der Waals surface area contributed by atoms with Crippen LogP contribution in [0, 0.1) is 6.92 Å². The summed E-state index contributed by atoms with van der Waals surface area (Å²) in [6.45, 7) is 8.66. The third-order valence-corrected chi connectivity index (χ3v) is 8.77. The highest BCUT2D eigenvalue weighted by molar-refractivity contribution is 7.80. The summed E-state index contributed by atoms with van der Waals surface area (Å²) in [5.41, 5.74) is 7.45. The molecule has 2 atom stereocenters. The maximum absolute atomic E-state index is 7.14. The molecule has 3 heterocycles. The number of thiocarbonyl (C=S) groups is 1. The van der Waals surface area contributed by atoms with Crippen molar-refractivity contribution in [1.29, 1.82) is 0 Å². The second-order valence-corrected chi connectivity index (χ2v) is 12.1. The van der Waals surface area contributed by atoms with Gasteiger partial charge in [-0.2, -0.15) is 0 Å². The number of rotatable bonds is 5. The minimum absolute atomic E-state index is 0.108. The van der Waals surface area contributed by atoms with Crippen LogP contribution in [0.1, 0.15) is 55.2 Å². The fourth-order valence-electron chi connectivity index (χ4n) is 5.78. The normalized spacial score (nSPS) is 19.5. The summed E-state index contributed by atoms with van der Waals surface area (Å²) >= 11 is 13.1. The van der Waals surface area contributed by atoms with E-state index in [9.17, 15) is 0 Å². The average Bonchev–Trinajstić information content (AvgIpc) is 3.30. The van der Waals surface area contributed by atoms with Gasteiger partial charge in [0.1, 0.15) is 11.5 Å². The quantitative estimate of drug-likeness (QED) is 0.238. The fraction of sp³-hybridized carbons (Fsp3) is 0.235. The standard InChI is InChI=1S/C34H33ClN4OS/c1-21-9-13-24(14-10-21)40-25-15-11-23(12-16-25)39-32(31(37-33(39)41)29-8-6-7-17-36-29)27-18-26-22(2)20-34(3,4)38(5)30(26)19-28(27)35/h6-20,31-32H,1-5H3,(H,37,41). The molecule has 5 nitrogen and oxygen atoms in total. The molecule has 6 rings (SSSR count). The van der Waals surface area contributed by atoms with Crippen LogP contribution in [0.4, 0.5) is 11.4 Å². The number of hydrogen-bond acceptors (Lipinski definition) is 4. The van der Waals surface area contributed by atoms with E-state index in [1.165, 1.54) is 16.7 Å². The molecule has 208 valence electrons. The minimum atomic E-state index is -0.216. The van der Waals surface area contributed by atoms with E-state index in [4.69, 9.17) is 33.5 Å². The van der Waals surface area contributed by atoms with E-state index in [-0.39, 0.29) is 17.6 Å². The molecule has 7 heteroatoms. The molecule has 1 N–H and O–H groups in total. The Morgan fingerprint density at radius 3 is 2.29 bits per heavy atom. The highest BCUT2D eigenvalue weighted by Gasteiger charge is 2.42. The van der Waals surface area contributed by atoms with Crippen molar-refractivity contribution >= 4 is 45.9 Å². The molecular weight excluding hydrogens is 548 g/mol. The van der Waals surface area contributed by atoms with E-state index in [0.29, 0.717) is 10.1 Å². The van der Waals surface area contributed by atoms with E-state index in [1.807, 2.05) is 72.9 Å². The highest BCUT2D eigenvalue weighted by atomic mass is 35.5. The third kappa shape index (κ3) is 5.07. The first-order valence-electron chi connectivity index (χ1n) is 13.7. The first-order valence-corrected chi connectivity index (χ1v) is 14.5. The molecule has 1 saturated heterocycles. The van der Waals surface area contributed by atoms with Gasteiger partial charge in [0.15, 0.2) is 5.11 Å². The van der Waals surface area contributed by atoms with Gasteiger partial charge in [-0.3, -0.25) is 4.98 Å². The van der Waals surface area contributed by atoms with E-state index < -0.39 is 0 Å². The predicted octanol–water partition coefficient (Wildman–Crippen LogP) is 8.64. The number of pyridine rings is 1. The Morgan fingerprint density at radius 1 is 0.951 bits per heavy atom.